The Morgan fingerprint density at radius 2 is 1.77 bits per heavy atom. The minimum atomic E-state index is -3.68. The van der Waals surface area contributed by atoms with Crippen molar-refractivity contribution in [3.63, 3.8) is 0 Å². The van der Waals surface area contributed by atoms with E-state index in [2.05, 4.69) is 0 Å². The Bertz CT molecular complexity index is 1150. The van der Waals surface area contributed by atoms with Gasteiger partial charge in [-0.3, -0.25) is 4.79 Å². The van der Waals surface area contributed by atoms with E-state index >= 15 is 0 Å². The predicted molar refractivity (Wildman–Crippen MR) is 97.5 cm³/mol. The molecule has 0 aliphatic carbocycles. The van der Waals surface area contributed by atoms with Crippen molar-refractivity contribution in [1.82, 2.24) is 4.72 Å². The molecule has 3 aromatic rings. The Morgan fingerprint density at radius 3 is 2.46 bits per heavy atom. The van der Waals surface area contributed by atoms with Crippen LogP contribution in [0.5, 0.6) is 11.5 Å². The number of amides is 1. The zero-order valence-electron chi connectivity index (χ0n) is 13.8. The number of nitrogens with one attached hydrogen (secondary N) is 1. The van der Waals surface area contributed by atoms with Crippen LogP contribution in [0.15, 0.2) is 60.7 Å². The van der Waals surface area contributed by atoms with Crippen molar-refractivity contribution < 1.29 is 17.9 Å². The molecular formula is C19H14N2O4S. The number of hydrogen-bond acceptors (Lipinski definition) is 5. The van der Waals surface area contributed by atoms with Gasteiger partial charge in [0.1, 0.15) is 17.6 Å². The molecule has 0 radical (unpaired) electrons. The molecule has 1 N–H and O–H groups in total. The van der Waals surface area contributed by atoms with Crippen molar-refractivity contribution in [2.45, 2.75) is 0 Å². The smallest absolute Gasteiger partial charge is 0.264 e. The van der Waals surface area contributed by atoms with E-state index in [1.807, 2.05) is 47.2 Å². The Balaban J connectivity index is 1.90. The van der Waals surface area contributed by atoms with E-state index in [1.54, 1.807) is 6.07 Å². The third-order valence-corrected chi connectivity index (χ3v) is 4.15. The van der Waals surface area contributed by atoms with E-state index in [9.17, 15) is 18.5 Å². The molecule has 3 rings (SSSR count). The summed E-state index contributed by atoms with van der Waals surface area (Å²) in [6.07, 6.45) is 0.882. The van der Waals surface area contributed by atoms with Crippen LogP contribution in [0.4, 0.5) is 0 Å². The molecule has 7 heteroatoms. The quantitative estimate of drug-likeness (QED) is 0.765. The van der Waals surface area contributed by atoms with Crippen LogP contribution in [-0.4, -0.2) is 20.6 Å². The molecule has 0 atom stereocenters. The summed E-state index contributed by atoms with van der Waals surface area (Å²) in [7, 11) is -3.68. The van der Waals surface area contributed by atoms with Crippen molar-refractivity contribution in [2.24, 2.45) is 0 Å². The van der Waals surface area contributed by atoms with Gasteiger partial charge in [-0.25, -0.2) is 13.1 Å². The van der Waals surface area contributed by atoms with Gasteiger partial charge in [-0.05, 0) is 41.1 Å². The maximum Gasteiger partial charge on any atom is 0.264 e. The monoisotopic (exact) mass is 366 g/mol. The van der Waals surface area contributed by atoms with Crippen LogP contribution in [0.3, 0.4) is 0 Å². The van der Waals surface area contributed by atoms with Crippen molar-refractivity contribution in [2.75, 3.05) is 6.26 Å². The highest BCUT2D eigenvalue weighted by molar-refractivity contribution is 7.89. The molecule has 3 aromatic carbocycles. The zero-order chi connectivity index (χ0) is 18.7. The normalized spacial score (nSPS) is 10.9. The number of ether oxygens (including phenoxy) is 1. The van der Waals surface area contributed by atoms with Gasteiger partial charge in [0, 0.05) is 5.56 Å². The van der Waals surface area contributed by atoms with Crippen LogP contribution in [0, 0.1) is 11.3 Å². The highest BCUT2D eigenvalue weighted by Crippen LogP contribution is 2.28. The minimum Gasteiger partial charge on any atom is -0.456 e. The number of nitriles is 1. The summed E-state index contributed by atoms with van der Waals surface area (Å²) in [5.41, 5.74) is 0.178. The number of benzene rings is 3. The van der Waals surface area contributed by atoms with E-state index < -0.39 is 15.9 Å². The average molecular weight is 366 g/mol. The standard InChI is InChI=1S/C19H14N2O4S/c1-26(23,24)21-19(22)15-7-9-18(16(10-15)12-20)25-17-8-6-13-4-2-3-5-14(13)11-17/h2-11H,1H3,(H,21,22). The summed E-state index contributed by atoms with van der Waals surface area (Å²) in [6.45, 7) is 0. The molecule has 0 saturated carbocycles. The maximum absolute atomic E-state index is 11.9. The van der Waals surface area contributed by atoms with Crippen LogP contribution in [0.25, 0.3) is 10.8 Å². The van der Waals surface area contributed by atoms with Crippen LogP contribution >= 0.6 is 0 Å². The fourth-order valence-corrected chi connectivity index (χ4v) is 2.89. The molecule has 1 amide bonds. The first-order valence-corrected chi connectivity index (χ1v) is 9.48. The van der Waals surface area contributed by atoms with Crippen LogP contribution in [0.1, 0.15) is 15.9 Å². The lowest BCUT2D eigenvalue weighted by Crippen LogP contribution is -2.29. The van der Waals surface area contributed by atoms with E-state index in [0.717, 1.165) is 17.0 Å². The van der Waals surface area contributed by atoms with Gasteiger partial charge in [-0.15, -0.1) is 0 Å². The van der Waals surface area contributed by atoms with Crippen molar-refractivity contribution in [3.8, 4) is 17.6 Å². The van der Waals surface area contributed by atoms with Gasteiger partial charge in [-0.2, -0.15) is 5.26 Å². The fourth-order valence-electron chi connectivity index (χ4n) is 2.43. The summed E-state index contributed by atoms with van der Waals surface area (Å²) in [5.74, 6) is 0.0217. The van der Waals surface area contributed by atoms with Crippen molar-refractivity contribution in [3.05, 3.63) is 71.8 Å². The Morgan fingerprint density at radius 1 is 1.04 bits per heavy atom. The third-order valence-electron chi connectivity index (χ3n) is 3.59. The molecule has 0 heterocycles. The third kappa shape index (κ3) is 3.99. The summed E-state index contributed by atoms with van der Waals surface area (Å²) in [4.78, 5) is 11.9. The number of carbonyl (C=O) groups is 1. The van der Waals surface area contributed by atoms with Gasteiger partial charge in [0.15, 0.2) is 0 Å². The Labute approximate surface area is 150 Å². The first-order chi connectivity index (χ1) is 12.4. The first-order valence-electron chi connectivity index (χ1n) is 7.59. The Kier molecular flexibility index (Phi) is 4.61. The second-order valence-electron chi connectivity index (χ2n) is 5.64. The van der Waals surface area contributed by atoms with Gasteiger partial charge in [0.25, 0.3) is 5.91 Å². The first kappa shape index (κ1) is 17.5. The fraction of sp³-hybridized carbons (Fsp3) is 0.0526. The predicted octanol–water partition coefficient (Wildman–Crippen LogP) is 3.19. The lowest BCUT2D eigenvalue weighted by Gasteiger charge is -2.10. The number of fused-ring (bicyclic) bond motifs is 1. The van der Waals surface area contributed by atoms with Crippen LogP contribution < -0.4 is 9.46 Å². The van der Waals surface area contributed by atoms with Gasteiger partial charge in [0.2, 0.25) is 10.0 Å². The summed E-state index contributed by atoms with van der Waals surface area (Å²) in [6, 6.07) is 19.4. The number of hydrogen-bond donors (Lipinski definition) is 1. The van der Waals surface area contributed by atoms with E-state index in [0.29, 0.717) is 5.75 Å². The molecule has 6 nitrogen and oxygen atoms in total. The van der Waals surface area contributed by atoms with Crippen molar-refractivity contribution >= 4 is 26.7 Å². The van der Waals surface area contributed by atoms with E-state index in [-0.39, 0.29) is 16.9 Å². The van der Waals surface area contributed by atoms with E-state index in [1.165, 1.54) is 18.2 Å². The Hall–Kier alpha value is -3.37. The van der Waals surface area contributed by atoms with Gasteiger partial charge in [-0.1, -0.05) is 30.3 Å². The molecule has 130 valence electrons. The van der Waals surface area contributed by atoms with Gasteiger partial charge in [0.05, 0.1) is 11.8 Å². The molecule has 0 aliphatic heterocycles. The molecule has 0 aromatic heterocycles. The van der Waals surface area contributed by atoms with Gasteiger partial charge < -0.3 is 4.74 Å². The highest BCUT2D eigenvalue weighted by Gasteiger charge is 2.14. The lowest BCUT2D eigenvalue weighted by molar-refractivity contribution is 0.0981. The lowest BCUT2D eigenvalue weighted by atomic mass is 10.1. The van der Waals surface area contributed by atoms with Crippen LogP contribution in [0.2, 0.25) is 0 Å². The van der Waals surface area contributed by atoms with Gasteiger partial charge >= 0.3 is 0 Å². The number of nitrogens with zero attached hydrogens (tertiary/aromatic N) is 1. The van der Waals surface area contributed by atoms with Crippen molar-refractivity contribution in [1.29, 1.82) is 5.26 Å². The summed E-state index contributed by atoms with van der Waals surface area (Å²) in [5, 5.41) is 11.4. The average Bonchev–Trinajstić information content (AvgIpc) is 2.60. The highest BCUT2D eigenvalue weighted by atomic mass is 32.2. The molecule has 0 saturated heterocycles. The molecule has 26 heavy (non-hydrogen) atoms. The summed E-state index contributed by atoms with van der Waals surface area (Å²) >= 11 is 0. The number of rotatable bonds is 4. The molecule has 0 fully saturated rings. The topological polar surface area (TPSA) is 96.3 Å². The van der Waals surface area contributed by atoms with Crippen LogP contribution in [-0.2, 0) is 10.0 Å². The largest absolute Gasteiger partial charge is 0.456 e. The molecular weight excluding hydrogens is 352 g/mol. The molecule has 0 bridgehead atoms. The second kappa shape index (κ2) is 6.86. The second-order valence-corrected chi connectivity index (χ2v) is 7.39. The molecule has 0 aliphatic rings. The number of carbonyl (C=O) groups excluding carboxylic acids is 1. The van der Waals surface area contributed by atoms with E-state index in [4.69, 9.17) is 4.74 Å². The SMILES string of the molecule is CS(=O)(=O)NC(=O)c1ccc(Oc2ccc3ccccc3c2)c(C#N)c1. The summed E-state index contributed by atoms with van der Waals surface area (Å²) < 4.78 is 30.0. The molecule has 0 unspecified atom stereocenters. The maximum atomic E-state index is 11.9. The zero-order valence-corrected chi connectivity index (χ0v) is 14.6. The molecule has 0 spiro atoms. The number of sulfonamides is 1. The minimum absolute atomic E-state index is 0.0536.